The van der Waals surface area contributed by atoms with Gasteiger partial charge >= 0.3 is 0 Å². The zero-order valence-corrected chi connectivity index (χ0v) is 13.7. The highest BCUT2D eigenvalue weighted by Crippen LogP contribution is 2.16. The molecule has 1 aromatic carbocycles. The van der Waals surface area contributed by atoms with Gasteiger partial charge in [-0.05, 0) is 12.0 Å². The van der Waals surface area contributed by atoms with Crippen LogP contribution >= 0.6 is 0 Å². The molecule has 122 valence electrons. The van der Waals surface area contributed by atoms with E-state index in [4.69, 9.17) is 4.74 Å². The molecule has 0 radical (unpaired) electrons. The van der Waals surface area contributed by atoms with Crippen LogP contribution in [0.15, 0.2) is 36.7 Å². The van der Waals surface area contributed by atoms with Gasteiger partial charge < -0.3 is 15.4 Å². The average molecular weight is 314 g/mol. The molecule has 6 heteroatoms. The van der Waals surface area contributed by atoms with E-state index in [1.165, 1.54) is 6.20 Å². The average Bonchev–Trinajstić information content (AvgIpc) is 2.58. The third-order valence-electron chi connectivity index (χ3n) is 3.21. The lowest BCUT2D eigenvalue weighted by atomic mass is 10.2. The van der Waals surface area contributed by atoms with E-state index in [0.29, 0.717) is 18.3 Å². The molecule has 0 aliphatic heterocycles. The van der Waals surface area contributed by atoms with Gasteiger partial charge in [-0.15, -0.1) is 0 Å². The number of hydrogen-bond acceptors (Lipinski definition) is 5. The summed E-state index contributed by atoms with van der Waals surface area (Å²) >= 11 is 0. The molecule has 0 bridgehead atoms. The molecule has 1 heterocycles. The number of carbonyl (C=O) groups excluding carboxylic acids is 1. The van der Waals surface area contributed by atoms with Crippen LogP contribution in [-0.2, 0) is 6.54 Å². The van der Waals surface area contributed by atoms with Crippen molar-refractivity contribution in [3.05, 3.63) is 47.9 Å². The second-order valence-corrected chi connectivity index (χ2v) is 5.56. The Morgan fingerprint density at radius 3 is 2.65 bits per heavy atom. The van der Waals surface area contributed by atoms with Crippen LogP contribution in [0.1, 0.15) is 29.9 Å². The zero-order valence-electron chi connectivity index (χ0n) is 13.7. The van der Waals surface area contributed by atoms with E-state index in [1.807, 2.05) is 24.3 Å². The largest absolute Gasteiger partial charge is 0.496 e. The normalized spacial score (nSPS) is 10.4. The predicted octanol–water partition coefficient (Wildman–Crippen LogP) is 2.48. The number of methoxy groups -OCH3 is 1. The van der Waals surface area contributed by atoms with Gasteiger partial charge in [0, 0.05) is 18.7 Å². The van der Waals surface area contributed by atoms with Gasteiger partial charge in [0.15, 0.2) is 0 Å². The SMILES string of the molecule is COc1ccccc1CNC(=O)c1cnc(NCC(C)C)cn1. The van der Waals surface area contributed by atoms with Crippen molar-refractivity contribution in [3.8, 4) is 5.75 Å². The summed E-state index contributed by atoms with van der Waals surface area (Å²) in [6.45, 7) is 5.41. The van der Waals surface area contributed by atoms with Crippen LogP contribution in [0.3, 0.4) is 0 Å². The Hall–Kier alpha value is -2.63. The molecule has 2 rings (SSSR count). The highest BCUT2D eigenvalue weighted by molar-refractivity contribution is 5.92. The molecule has 0 spiro atoms. The Kier molecular flexibility index (Phi) is 5.91. The Morgan fingerprint density at radius 2 is 2.00 bits per heavy atom. The molecule has 0 atom stereocenters. The van der Waals surface area contributed by atoms with Crippen LogP contribution in [-0.4, -0.2) is 29.5 Å². The molecule has 23 heavy (non-hydrogen) atoms. The van der Waals surface area contributed by atoms with Gasteiger partial charge in [-0.3, -0.25) is 4.79 Å². The molecule has 0 unspecified atom stereocenters. The number of hydrogen-bond donors (Lipinski definition) is 2. The van der Waals surface area contributed by atoms with E-state index >= 15 is 0 Å². The summed E-state index contributed by atoms with van der Waals surface area (Å²) < 4.78 is 5.26. The van der Waals surface area contributed by atoms with Gasteiger partial charge in [0.25, 0.3) is 5.91 Å². The molecule has 2 N–H and O–H groups in total. The quantitative estimate of drug-likeness (QED) is 0.821. The standard InChI is InChI=1S/C17H22N4O2/c1-12(2)8-19-16-11-18-14(10-20-16)17(22)21-9-13-6-4-5-7-15(13)23-3/h4-7,10-12H,8-9H2,1-3H3,(H,19,20)(H,21,22). The van der Waals surface area contributed by atoms with Crippen LogP contribution < -0.4 is 15.4 Å². The van der Waals surface area contributed by atoms with E-state index in [0.717, 1.165) is 17.9 Å². The highest BCUT2D eigenvalue weighted by Gasteiger charge is 2.09. The topological polar surface area (TPSA) is 76.1 Å². The number of nitrogens with one attached hydrogen (secondary N) is 2. The smallest absolute Gasteiger partial charge is 0.271 e. The summed E-state index contributed by atoms with van der Waals surface area (Å²) in [5.74, 6) is 1.66. The number of ether oxygens (including phenoxy) is 1. The van der Waals surface area contributed by atoms with Gasteiger partial charge in [0.2, 0.25) is 0 Å². The van der Waals surface area contributed by atoms with Crippen LogP contribution in [0.5, 0.6) is 5.75 Å². The number of carbonyl (C=O) groups is 1. The lowest BCUT2D eigenvalue weighted by molar-refractivity contribution is 0.0945. The van der Waals surface area contributed by atoms with Crippen molar-refractivity contribution in [2.24, 2.45) is 5.92 Å². The fraction of sp³-hybridized carbons (Fsp3) is 0.353. The van der Waals surface area contributed by atoms with Crippen molar-refractivity contribution in [1.29, 1.82) is 0 Å². The minimum Gasteiger partial charge on any atom is -0.496 e. The third kappa shape index (κ3) is 4.95. The number of nitrogens with zero attached hydrogens (tertiary/aromatic N) is 2. The Bertz CT molecular complexity index is 641. The minimum atomic E-state index is -0.265. The van der Waals surface area contributed by atoms with Gasteiger partial charge in [0.1, 0.15) is 17.3 Å². The maximum atomic E-state index is 12.1. The second kappa shape index (κ2) is 8.12. The minimum absolute atomic E-state index is 0.265. The number of para-hydroxylation sites is 1. The van der Waals surface area contributed by atoms with Gasteiger partial charge in [-0.1, -0.05) is 32.0 Å². The van der Waals surface area contributed by atoms with Crippen LogP contribution in [0.4, 0.5) is 5.82 Å². The lowest BCUT2D eigenvalue weighted by Gasteiger charge is -2.10. The van der Waals surface area contributed by atoms with Gasteiger partial charge in [0.05, 0.1) is 19.5 Å². The molecule has 0 saturated carbocycles. The number of aromatic nitrogens is 2. The first-order valence-electron chi connectivity index (χ1n) is 7.56. The summed E-state index contributed by atoms with van der Waals surface area (Å²) in [4.78, 5) is 20.5. The third-order valence-corrected chi connectivity index (χ3v) is 3.21. The fourth-order valence-corrected chi connectivity index (χ4v) is 1.96. The Labute approximate surface area is 136 Å². The Balaban J connectivity index is 1.93. The summed E-state index contributed by atoms with van der Waals surface area (Å²) in [7, 11) is 1.61. The molecule has 1 amide bonds. The monoisotopic (exact) mass is 314 g/mol. The summed E-state index contributed by atoms with van der Waals surface area (Å²) in [5, 5.41) is 5.98. The van der Waals surface area contributed by atoms with E-state index in [9.17, 15) is 4.79 Å². The van der Waals surface area contributed by atoms with Crippen LogP contribution in [0.25, 0.3) is 0 Å². The molecule has 0 fully saturated rings. The molecule has 0 aliphatic carbocycles. The number of anilines is 1. The van der Waals surface area contributed by atoms with E-state index in [1.54, 1.807) is 13.3 Å². The summed E-state index contributed by atoms with van der Waals surface area (Å²) in [6.07, 6.45) is 3.04. The molecule has 0 saturated heterocycles. The molecule has 0 aliphatic rings. The fourth-order valence-electron chi connectivity index (χ4n) is 1.96. The first-order valence-corrected chi connectivity index (χ1v) is 7.56. The molecular weight excluding hydrogens is 292 g/mol. The number of benzene rings is 1. The number of rotatable bonds is 7. The second-order valence-electron chi connectivity index (χ2n) is 5.56. The van der Waals surface area contributed by atoms with Crippen LogP contribution in [0, 0.1) is 5.92 Å². The van der Waals surface area contributed by atoms with Gasteiger partial charge in [-0.2, -0.15) is 0 Å². The predicted molar refractivity (Wildman–Crippen MR) is 89.5 cm³/mol. The van der Waals surface area contributed by atoms with Crippen molar-refractivity contribution in [2.75, 3.05) is 19.0 Å². The first-order chi connectivity index (χ1) is 11.1. The van der Waals surface area contributed by atoms with Gasteiger partial charge in [-0.25, -0.2) is 9.97 Å². The maximum Gasteiger partial charge on any atom is 0.271 e. The highest BCUT2D eigenvalue weighted by atomic mass is 16.5. The van der Waals surface area contributed by atoms with Crippen molar-refractivity contribution in [3.63, 3.8) is 0 Å². The molecule has 2 aromatic rings. The van der Waals surface area contributed by atoms with Crippen molar-refractivity contribution < 1.29 is 9.53 Å². The van der Waals surface area contributed by atoms with Crippen molar-refractivity contribution in [2.45, 2.75) is 20.4 Å². The molecule has 1 aromatic heterocycles. The van der Waals surface area contributed by atoms with E-state index in [-0.39, 0.29) is 11.6 Å². The van der Waals surface area contributed by atoms with E-state index in [2.05, 4.69) is 34.4 Å². The van der Waals surface area contributed by atoms with Crippen molar-refractivity contribution in [1.82, 2.24) is 15.3 Å². The summed E-state index contributed by atoms with van der Waals surface area (Å²) in [5.41, 5.74) is 1.20. The maximum absolute atomic E-state index is 12.1. The van der Waals surface area contributed by atoms with E-state index < -0.39 is 0 Å². The van der Waals surface area contributed by atoms with Crippen molar-refractivity contribution >= 4 is 11.7 Å². The number of amides is 1. The lowest BCUT2D eigenvalue weighted by Crippen LogP contribution is -2.24. The first kappa shape index (κ1) is 16.7. The van der Waals surface area contributed by atoms with Crippen LogP contribution in [0.2, 0.25) is 0 Å². The zero-order chi connectivity index (χ0) is 16.7. The molecule has 6 nitrogen and oxygen atoms in total. The molecular formula is C17H22N4O2. The Morgan fingerprint density at radius 1 is 1.22 bits per heavy atom. The summed E-state index contributed by atoms with van der Waals surface area (Å²) in [6, 6.07) is 7.55.